The molecule has 0 spiro atoms. The van der Waals surface area contributed by atoms with Gasteiger partial charge in [0.25, 0.3) is 0 Å². The van der Waals surface area contributed by atoms with E-state index < -0.39 is 0 Å². The largest absolute Gasteiger partial charge is 0.497 e. The number of nitrogens with two attached hydrogens (primary N) is 1. The van der Waals surface area contributed by atoms with Crippen LogP contribution in [0.5, 0.6) is 5.75 Å². The topological polar surface area (TPSA) is 38.5 Å². The normalized spacial score (nSPS) is 10.8. The van der Waals surface area contributed by atoms with Gasteiger partial charge in [0.2, 0.25) is 0 Å². The van der Waals surface area contributed by atoms with Crippen molar-refractivity contribution in [2.45, 2.75) is 26.3 Å². The number of benzene rings is 1. The number of nitrogens with zero attached hydrogens (tertiary/aromatic N) is 1. The van der Waals surface area contributed by atoms with Crippen molar-refractivity contribution in [3.05, 3.63) is 29.8 Å². The van der Waals surface area contributed by atoms with Crippen molar-refractivity contribution < 1.29 is 4.74 Å². The van der Waals surface area contributed by atoms with Crippen LogP contribution in [-0.4, -0.2) is 31.6 Å². The molecule has 0 aliphatic rings. The lowest BCUT2D eigenvalue weighted by atomic mass is 10.2. The molecule has 17 heavy (non-hydrogen) atoms. The molecule has 0 aliphatic carbocycles. The highest BCUT2D eigenvalue weighted by Crippen LogP contribution is 2.13. The van der Waals surface area contributed by atoms with Gasteiger partial charge in [-0.2, -0.15) is 0 Å². The van der Waals surface area contributed by atoms with Gasteiger partial charge in [0, 0.05) is 19.6 Å². The lowest BCUT2D eigenvalue weighted by Gasteiger charge is -2.21. The molecule has 1 aromatic rings. The van der Waals surface area contributed by atoms with Crippen LogP contribution in [0.15, 0.2) is 24.3 Å². The summed E-state index contributed by atoms with van der Waals surface area (Å²) in [5, 5.41) is 0. The van der Waals surface area contributed by atoms with Crippen LogP contribution < -0.4 is 10.5 Å². The molecule has 96 valence electrons. The summed E-state index contributed by atoms with van der Waals surface area (Å²) in [7, 11) is 1.69. The highest BCUT2D eigenvalue weighted by Gasteiger charge is 2.04. The first-order valence-corrected chi connectivity index (χ1v) is 6.35. The first kappa shape index (κ1) is 14.0. The van der Waals surface area contributed by atoms with Gasteiger partial charge in [-0.3, -0.25) is 4.90 Å². The maximum Gasteiger partial charge on any atom is 0.118 e. The third-order valence-corrected chi connectivity index (χ3v) is 2.84. The molecule has 1 aromatic carbocycles. The Balaban J connectivity index is 2.51. The quantitative estimate of drug-likeness (QED) is 0.752. The molecule has 3 heteroatoms. The maximum atomic E-state index is 5.64. The molecule has 0 fully saturated rings. The molecule has 0 saturated heterocycles. The van der Waals surface area contributed by atoms with E-state index in [1.54, 1.807) is 7.11 Å². The van der Waals surface area contributed by atoms with E-state index in [1.165, 1.54) is 18.4 Å². The molecule has 0 saturated carbocycles. The molecule has 0 bridgehead atoms. The fraction of sp³-hybridized carbons (Fsp3) is 0.571. The Morgan fingerprint density at radius 1 is 1.18 bits per heavy atom. The van der Waals surface area contributed by atoms with E-state index in [9.17, 15) is 0 Å². The molecule has 0 aliphatic heterocycles. The molecule has 0 radical (unpaired) electrons. The van der Waals surface area contributed by atoms with Crippen molar-refractivity contribution in [1.82, 2.24) is 4.90 Å². The van der Waals surface area contributed by atoms with Gasteiger partial charge >= 0.3 is 0 Å². The van der Waals surface area contributed by atoms with Crippen molar-refractivity contribution in [3.8, 4) is 5.75 Å². The number of methoxy groups -OCH3 is 1. The van der Waals surface area contributed by atoms with Crippen molar-refractivity contribution in [3.63, 3.8) is 0 Å². The maximum absolute atomic E-state index is 5.64. The Labute approximate surface area is 105 Å². The summed E-state index contributed by atoms with van der Waals surface area (Å²) in [5.41, 5.74) is 6.95. The van der Waals surface area contributed by atoms with Gasteiger partial charge in [-0.05, 0) is 30.7 Å². The highest BCUT2D eigenvalue weighted by atomic mass is 16.5. The smallest absolute Gasteiger partial charge is 0.118 e. The van der Waals surface area contributed by atoms with E-state index in [0.717, 1.165) is 31.9 Å². The van der Waals surface area contributed by atoms with Crippen LogP contribution >= 0.6 is 0 Å². The summed E-state index contributed by atoms with van der Waals surface area (Å²) < 4.78 is 5.15. The second-order valence-electron chi connectivity index (χ2n) is 4.27. The van der Waals surface area contributed by atoms with Gasteiger partial charge in [-0.1, -0.05) is 25.5 Å². The van der Waals surface area contributed by atoms with E-state index >= 15 is 0 Å². The molecule has 0 heterocycles. The van der Waals surface area contributed by atoms with Crippen LogP contribution in [0.1, 0.15) is 25.3 Å². The van der Waals surface area contributed by atoms with Crippen LogP contribution in [0.3, 0.4) is 0 Å². The van der Waals surface area contributed by atoms with Crippen molar-refractivity contribution in [1.29, 1.82) is 0 Å². The molecule has 2 N–H and O–H groups in total. The predicted molar refractivity (Wildman–Crippen MR) is 72.2 cm³/mol. The lowest BCUT2D eigenvalue weighted by molar-refractivity contribution is 0.268. The second kappa shape index (κ2) is 8.09. The zero-order valence-corrected chi connectivity index (χ0v) is 11.0. The Morgan fingerprint density at radius 3 is 2.41 bits per heavy atom. The van der Waals surface area contributed by atoms with Crippen molar-refractivity contribution in [2.24, 2.45) is 5.73 Å². The van der Waals surface area contributed by atoms with E-state index in [1.807, 2.05) is 12.1 Å². The zero-order valence-electron chi connectivity index (χ0n) is 11.0. The van der Waals surface area contributed by atoms with E-state index in [-0.39, 0.29) is 0 Å². The van der Waals surface area contributed by atoms with Crippen LogP contribution in [0.2, 0.25) is 0 Å². The first-order chi connectivity index (χ1) is 8.30. The minimum Gasteiger partial charge on any atom is -0.497 e. The van der Waals surface area contributed by atoms with Crippen LogP contribution in [-0.2, 0) is 6.54 Å². The number of hydrogen-bond donors (Lipinski definition) is 1. The molecule has 3 nitrogen and oxygen atoms in total. The van der Waals surface area contributed by atoms with Gasteiger partial charge < -0.3 is 10.5 Å². The number of ether oxygens (including phenoxy) is 1. The summed E-state index contributed by atoms with van der Waals surface area (Å²) in [6, 6.07) is 8.26. The van der Waals surface area contributed by atoms with Gasteiger partial charge in [-0.15, -0.1) is 0 Å². The summed E-state index contributed by atoms with van der Waals surface area (Å²) in [6.45, 7) is 6.00. The van der Waals surface area contributed by atoms with E-state index in [0.29, 0.717) is 0 Å². The van der Waals surface area contributed by atoms with Gasteiger partial charge in [0.05, 0.1) is 7.11 Å². The number of unbranched alkanes of at least 4 members (excludes halogenated alkanes) is 1. The highest BCUT2D eigenvalue weighted by molar-refractivity contribution is 5.27. The summed E-state index contributed by atoms with van der Waals surface area (Å²) in [6.07, 6.45) is 2.46. The van der Waals surface area contributed by atoms with Crippen molar-refractivity contribution in [2.75, 3.05) is 26.7 Å². The predicted octanol–water partition coefficient (Wildman–Crippen LogP) is 2.26. The van der Waals surface area contributed by atoms with Crippen LogP contribution in [0, 0.1) is 0 Å². The molecule has 0 atom stereocenters. The SMILES string of the molecule is CCCCN(CCN)Cc1ccc(OC)cc1. The fourth-order valence-corrected chi connectivity index (χ4v) is 1.82. The summed E-state index contributed by atoms with van der Waals surface area (Å²) >= 11 is 0. The number of rotatable bonds is 8. The summed E-state index contributed by atoms with van der Waals surface area (Å²) in [5.74, 6) is 0.910. The average Bonchev–Trinajstić information content (AvgIpc) is 2.37. The molecular formula is C14H24N2O. The Morgan fingerprint density at radius 2 is 1.88 bits per heavy atom. The van der Waals surface area contributed by atoms with Crippen LogP contribution in [0.25, 0.3) is 0 Å². The third-order valence-electron chi connectivity index (χ3n) is 2.84. The number of hydrogen-bond acceptors (Lipinski definition) is 3. The summed E-state index contributed by atoms with van der Waals surface area (Å²) in [4.78, 5) is 2.41. The Hall–Kier alpha value is -1.06. The lowest BCUT2D eigenvalue weighted by Crippen LogP contribution is -2.30. The van der Waals surface area contributed by atoms with E-state index in [4.69, 9.17) is 10.5 Å². The fourth-order valence-electron chi connectivity index (χ4n) is 1.82. The molecule has 0 amide bonds. The van der Waals surface area contributed by atoms with E-state index in [2.05, 4.69) is 24.0 Å². The van der Waals surface area contributed by atoms with Gasteiger partial charge in [0.15, 0.2) is 0 Å². The average molecular weight is 236 g/mol. The van der Waals surface area contributed by atoms with Gasteiger partial charge in [0.1, 0.15) is 5.75 Å². The first-order valence-electron chi connectivity index (χ1n) is 6.35. The second-order valence-corrected chi connectivity index (χ2v) is 4.27. The third kappa shape index (κ3) is 5.20. The molecule has 0 unspecified atom stereocenters. The molecular weight excluding hydrogens is 212 g/mol. The minimum atomic E-state index is 0.722. The van der Waals surface area contributed by atoms with Crippen molar-refractivity contribution >= 4 is 0 Å². The Bertz CT molecular complexity index is 298. The van der Waals surface area contributed by atoms with Gasteiger partial charge in [-0.25, -0.2) is 0 Å². The minimum absolute atomic E-state index is 0.722. The Kier molecular flexibility index (Phi) is 6.67. The molecule has 1 rings (SSSR count). The molecule has 0 aromatic heterocycles. The monoisotopic (exact) mass is 236 g/mol. The standard InChI is InChI=1S/C14H24N2O/c1-3-4-10-16(11-9-15)12-13-5-7-14(17-2)8-6-13/h5-8H,3-4,9-12,15H2,1-2H3. The zero-order chi connectivity index (χ0) is 12.5. The van der Waals surface area contributed by atoms with Crippen LogP contribution in [0.4, 0.5) is 0 Å².